The third-order valence-electron chi connectivity index (χ3n) is 3.62. The summed E-state index contributed by atoms with van der Waals surface area (Å²) in [5.41, 5.74) is 1.38. The topological polar surface area (TPSA) is 55.1 Å². The van der Waals surface area contributed by atoms with Gasteiger partial charge in [-0.1, -0.05) is 52.2 Å². The van der Waals surface area contributed by atoms with Crippen molar-refractivity contribution in [1.29, 1.82) is 0 Å². The molecule has 130 valence electrons. The molecule has 2 heterocycles. The largest absolute Gasteiger partial charge is 0.451 e. The summed E-state index contributed by atoms with van der Waals surface area (Å²) in [7, 11) is 0. The second kappa shape index (κ2) is 6.93. The minimum Gasteiger partial charge on any atom is -0.451 e. The molecule has 2 aromatic heterocycles. The number of hydrogen-bond acceptors (Lipinski definition) is 4. The Labute approximate surface area is 167 Å². The minimum atomic E-state index is -0.403. The zero-order valence-electron chi connectivity index (χ0n) is 12.9. The number of carbonyl (C=O) groups excluding carboxylic acids is 1. The number of benzene rings is 2. The second-order valence-corrected chi connectivity index (χ2v) is 7.60. The van der Waals surface area contributed by atoms with Crippen LogP contribution in [0.3, 0.4) is 0 Å². The molecule has 4 aromatic rings. The average molecular weight is 424 g/mol. The smallest absolute Gasteiger partial charge is 0.293 e. The number of fused-ring (bicyclic) bond motifs is 1. The molecule has 26 heavy (non-hydrogen) atoms. The number of rotatable bonds is 3. The number of anilines is 1. The third kappa shape index (κ3) is 3.31. The van der Waals surface area contributed by atoms with Gasteiger partial charge < -0.3 is 4.42 Å². The highest BCUT2D eigenvalue weighted by atomic mass is 35.5. The molecular weight excluding hydrogens is 415 g/mol. The van der Waals surface area contributed by atoms with Gasteiger partial charge in [0.05, 0.1) is 20.3 Å². The van der Waals surface area contributed by atoms with Crippen LogP contribution in [0.25, 0.3) is 21.5 Å². The summed E-state index contributed by atoms with van der Waals surface area (Å²) >= 11 is 19.5. The van der Waals surface area contributed by atoms with E-state index in [1.54, 1.807) is 48.5 Å². The first-order chi connectivity index (χ1) is 12.5. The SMILES string of the molecule is O=C(Nc1nc2ccc(Cl)cc2s1)c1ccc(-c2cccc(Cl)c2Cl)o1. The Balaban J connectivity index is 1.58. The maximum atomic E-state index is 12.4. The molecule has 0 saturated carbocycles. The summed E-state index contributed by atoms with van der Waals surface area (Å²) in [5.74, 6) is 0.201. The van der Waals surface area contributed by atoms with Crippen molar-refractivity contribution < 1.29 is 9.21 Å². The zero-order valence-corrected chi connectivity index (χ0v) is 16.0. The predicted molar refractivity (Wildman–Crippen MR) is 107 cm³/mol. The molecule has 8 heteroatoms. The van der Waals surface area contributed by atoms with Crippen LogP contribution in [0, 0.1) is 0 Å². The Hall–Kier alpha value is -2.05. The van der Waals surface area contributed by atoms with Gasteiger partial charge >= 0.3 is 0 Å². The fraction of sp³-hybridized carbons (Fsp3) is 0. The summed E-state index contributed by atoms with van der Waals surface area (Å²) in [6, 6.07) is 13.8. The molecule has 1 N–H and O–H groups in total. The van der Waals surface area contributed by atoms with Crippen LogP contribution in [0.5, 0.6) is 0 Å². The molecular formula is C18H9Cl3N2O2S. The molecule has 0 spiro atoms. The maximum Gasteiger partial charge on any atom is 0.293 e. The van der Waals surface area contributed by atoms with Gasteiger partial charge in [0.1, 0.15) is 5.76 Å². The number of furan rings is 1. The summed E-state index contributed by atoms with van der Waals surface area (Å²) in [4.78, 5) is 16.8. The van der Waals surface area contributed by atoms with Crippen LogP contribution in [-0.4, -0.2) is 10.9 Å². The molecule has 4 rings (SSSR count). The monoisotopic (exact) mass is 422 g/mol. The molecule has 2 aromatic carbocycles. The van der Waals surface area contributed by atoms with E-state index < -0.39 is 5.91 Å². The molecule has 0 fully saturated rings. The van der Waals surface area contributed by atoms with Crippen LogP contribution in [-0.2, 0) is 0 Å². The molecule has 0 radical (unpaired) electrons. The number of hydrogen-bond donors (Lipinski definition) is 1. The van der Waals surface area contributed by atoms with Crippen molar-refractivity contribution in [2.75, 3.05) is 5.32 Å². The zero-order chi connectivity index (χ0) is 18.3. The molecule has 0 aliphatic heterocycles. The highest BCUT2D eigenvalue weighted by Gasteiger charge is 2.16. The predicted octanol–water partition coefficient (Wildman–Crippen LogP) is 6.77. The maximum absolute atomic E-state index is 12.4. The lowest BCUT2D eigenvalue weighted by atomic mass is 10.2. The lowest BCUT2D eigenvalue weighted by Gasteiger charge is -2.02. The van der Waals surface area contributed by atoms with Gasteiger partial charge in [0.15, 0.2) is 10.9 Å². The van der Waals surface area contributed by atoms with Crippen LogP contribution in [0.1, 0.15) is 10.6 Å². The molecule has 0 bridgehead atoms. The van der Waals surface area contributed by atoms with Crippen LogP contribution < -0.4 is 5.32 Å². The van der Waals surface area contributed by atoms with Crippen molar-refractivity contribution >= 4 is 67.4 Å². The summed E-state index contributed by atoms with van der Waals surface area (Å²) in [5, 5.41) is 4.60. The first-order valence-electron chi connectivity index (χ1n) is 7.43. The normalized spacial score (nSPS) is 11.0. The van der Waals surface area contributed by atoms with E-state index in [1.807, 2.05) is 0 Å². The molecule has 0 aliphatic rings. The number of carbonyl (C=O) groups is 1. The van der Waals surface area contributed by atoms with E-state index in [4.69, 9.17) is 39.2 Å². The van der Waals surface area contributed by atoms with Crippen LogP contribution in [0.2, 0.25) is 15.1 Å². The highest BCUT2D eigenvalue weighted by Crippen LogP contribution is 2.34. The Morgan fingerprint density at radius 1 is 1.08 bits per heavy atom. The number of nitrogens with zero attached hydrogens (tertiary/aromatic N) is 1. The minimum absolute atomic E-state index is 0.147. The van der Waals surface area contributed by atoms with Gasteiger partial charge in [-0.2, -0.15) is 0 Å². The first kappa shape index (κ1) is 17.4. The Bertz CT molecular complexity index is 1140. The van der Waals surface area contributed by atoms with E-state index in [-0.39, 0.29) is 5.76 Å². The molecule has 0 atom stereocenters. The second-order valence-electron chi connectivity index (χ2n) is 5.35. The van der Waals surface area contributed by atoms with Gasteiger partial charge in [-0.05, 0) is 42.5 Å². The standard InChI is InChI=1S/C18H9Cl3N2O2S/c19-9-4-5-12-15(8-9)26-18(22-12)23-17(24)14-7-6-13(25-14)10-2-1-3-11(20)16(10)21/h1-8H,(H,22,23,24). The van der Waals surface area contributed by atoms with Gasteiger partial charge in [0, 0.05) is 10.6 Å². The number of halogens is 3. The molecule has 0 saturated heterocycles. The fourth-order valence-electron chi connectivity index (χ4n) is 2.41. The lowest BCUT2D eigenvalue weighted by molar-refractivity contribution is 0.0997. The van der Waals surface area contributed by atoms with E-state index in [0.29, 0.717) is 31.5 Å². The van der Waals surface area contributed by atoms with E-state index in [2.05, 4.69) is 10.3 Å². The molecule has 1 amide bonds. The fourth-order valence-corrected chi connectivity index (χ4v) is 3.94. The number of nitrogens with one attached hydrogen (secondary N) is 1. The van der Waals surface area contributed by atoms with Gasteiger partial charge in [0.2, 0.25) is 0 Å². The van der Waals surface area contributed by atoms with E-state index in [0.717, 1.165) is 10.2 Å². The van der Waals surface area contributed by atoms with Gasteiger partial charge in [-0.3, -0.25) is 10.1 Å². The molecule has 4 nitrogen and oxygen atoms in total. The van der Waals surface area contributed by atoms with Crippen LogP contribution in [0.15, 0.2) is 52.9 Å². The van der Waals surface area contributed by atoms with E-state index >= 15 is 0 Å². The number of amides is 1. The van der Waals surface area contributed by atoms with Crippen LogP contribution in [0.4, 0.5) is 5.13 Å². The Morgan fingerprint density at radius 2 is 1.92 bits per heavy atom. The van der Waals surface area contributed by atoms with E-state index in [9.17, 15) is 4.79 Å². The van der Waals surface area contributed by atoms with Crippen molar-refractivity contribution in [1.82, 2.24) is 4.98 Å². The van der Waals surface area contributed by atoms with Crippen molar-refractivity contribution in [3.05, 3.63) is 69.4 Å². The first-order valence-corrected chi connectivity index (χ1v) is 9.38. The lowest BCUT2D eigenvalue weighted by Crippen LogP contribution is -2.10. The third-order valence-corrected chi connectivity index (χ3v) is 5.61. The highest BCUT2D eigenvalue weighted by molar-refractivity contribution is 7.22. The number of aromatic nitrogens is 1. The number of thiazole rings is 1. The summed E-state index contributed by atoms with van der Waals surface area (Å²) < 4.78 is 6.52. The van der Waals surface area contributed by atoms with Crippen molar-refractivity contribution in [2.45, 2.75) is 0 Å². The Morgan fingerprint density at radius 3 is 2.77 bits per heavy atom. The van der Waals surface area contributed by atoms with Gasteiger partial charge in [-0.15, -0.1) is 0 Å². The van der Waals surface area contributed by atoms with Gasteiger partial charge in [-0.25, -0.2) is 4.98 Å². The van der Waals surface area contributed by atoms with E-state index in [1.165, 1.54) is 11.3 Å². The van der Waals surface area contributed by atoms with Crippen molar-refractivity contribution in [3.63, 3.8) is 0 Å². The van der Waals surface area contributed by atoms with Gasteiger partial charge in [0.25, 0.3) is 5.91 Å². The Kier molecular flexibility index (Phi) is 4.63. The van der Waals surface area contributed by atoms with Crippen molar-refractivity contribution in [2.24, 2.45) is 0 Å². The average Bonchev–Trinajstić information content (AvgIpc) is 3.23. The molecule has 0 aliphatic carbocycles. The molecule has 0 unspecified atom stereocenters. The summed E-state index contributed by atoms with van der Waals surface area (Å²) in [6.07, 6.45) is 0. The summed E-state index contributed by atoms with van der Waals surface area (Å²) in [6.45, 7) is 0. The quantitative estimate of drug-likeness (QED) is 0.395. The van der Waals surface area contributed by atoms with Crippen molar-refractivity contribution in [3.8, 4) is 11.3 Å². The van der Waals surface area contributed by atoms with Crippen LogP contribution >= 0.6 is 46.1 Å².